The van der Waals surface area contributed by atoms with Crippen molar-refractivity contribution in [1.29, 1.82) is 0 Å². The summed E-state index contributed by atoms with van der Waals surface area (Å²) >= 11 is 0. The van der Waals surface area contributed by atoms with Gasteiger partial charge in [0.15, 0.2) is 0 Å². The summed E-state index contributed by atoms with van der Waals surface area (Å²) in [6, 6.07) is 7.17. The van der Waals surface area contributed by atoms with Gasteiger partial charge in [-0.05, 0) is 48.8 Å². The predicted octanol–water partition coefficient (Wildman–Crippen LogP) is 2.91. The largest absolute Gasteiger partial charge is 0.478 e. The Morgan fingerprint density at radius 3 is 2.62 bits per heavy atom. The minimum absolute atomic E-state index is 0.0717. The molecule has 0 aliphatic carbocycles. The van der Waals surface area contributed by atoms with Crippen molar-refractivity contribution in [3.63, 3.8) is 0 Å². The van der Waals surface area contributed by atoms with E-state index in [9.17, 15) is 9.59 Å². The first-order valence-electron chi connectivity index (χ1n) is 8.77. The fourth-order valence-electron chi connectivity index (χ4n) is 3.70. The Balaban J connectivity index is 1.54. The van der Waals surface area contributed by atoms with Gasteiger partial charge in [0.2, 0.25) is 5.91 Å². The van der Waals surface area contributed by atoms with Gasteiger partial charge in [-0.3, -0.25) is 4.79 Å². The normalized spacial score (nSPS) is 25.0. The van der Waals surface area contributed by atoms with Crippen LogP contribution in [0.4, 0.5) is 0 Å². The lowest BCUT2D eigenvalue weighted by molar-refractivity contribution is -0.135. The maximum Gasteiger partial charge on any atom is 0.335 e. The van der Waals surface area contributed by atoms with Crippen molar-refractivity contribution in [1.82, 2.24) is 4.90 Å². The zero-order chi connectivity index (χ0) is 17.1. The van der Waals surface area contributed by atoms with Crippen LogP contribution in [0.5, 0.6) is 0 Å². The molecule has 2 aliphatic heterocycles. The van der Waals surface area contributed by atoms with E-state index in [1.165, 1.54) is 0 Å². The van der Waals surface area contributed by atoms with Crippen LogP contribution >= 0.6 is 0 Å². The highest BCUT2D eigenvalue weighted by atomic mass is 16.5. The van der Waals surface area contributed by atoms with Gasteiger partial charge in [-0.1, -0.05) is 19.1 Å². The number of amides is 1. The highest BCUT2D eigenvalue weighted by molar-refractivity contribution is 5.87. The van der Waals surface area contributed by atoms with Gasteiger partial charge in [-0.25, -0.2) is 4.79 Å². The Morgan fingerprint density at radius 2 is 2.00 bits per heavy atom. The van der Waals surface area contributed by atoms with Crippen LogP contribution in [0.2, 0.25) is 0 Å². The third kappa shape index (κ3) is 3.78. The third-order valence-corrected chi connectivity index (χ3v) is 5.37. The first-order valence-corrected chi connectivity index (χ1v) is 8.77. The van der Waals surface area contributed by atoms with Crippen molar-refractivity contribution in [2.24, 2.45) is 5.92 Å². The molecular formula is C19H25NO4. The lowest BCUT2D eigenvalue weighted by Gasteiger charge is -2.33. The van der Waals surface area contributed by atoms with E-state index in [0.29, 0.717) is 23.8 Å². The summed E-state index contributed by atoms with van der Waals surface area (Å²) in [6.07, 6.45) is 3.37. The number of carbonyl (C=O) groups is 2. The lowest BCUT2D eigenvalue weighted by Crippen LogP contribution is -2.39. The van der Waals surface area contributed by atoms with E-state index in [0.717, 1.165) is 44.5 Å². The Bertz CT molecular complexity index is 607. The Labute approximate surface area is 142 Å². The van der Waals surface area contributed by atoms with Gasteiger partial charge < -0.3 is 14.7 Å². The van der Waals surface area contributed by atoms with E-state index in [1.54, 1.807) is 18.2 Å². The molecule has 0 radical (unpaired) electrons. The molecule has 24 heavy (non-hydrogen) atoms. The number of carboxylic acids is 1. The average Bonchev–Trinajstić information content (AvgIpc) is 3.00. The highest BCUT2D eigenvalue weighted by Crippen LogP contribution is 2.30. The molecule has 2 saturated heterocycles. The van der Waals surface area contributed by atoms with Gasteiger partial charge in [-0.15, -0.1) is 0 Å². The monoisotopic (exact) mass is 331 g/mol. The second-order valence-electron chi connectivity index (χ2n) is 6.97. The van der Waals surface area contributed by atoms with Crippen LogP contribution in [0.15, 0.2) is 24.3 Å². The van der Waals surface area contributed by atoms with E-state index < -0.39 is 5.97 Å². The summed E-state index contributed by atoms with van der Waals surface area (Å²) in [4.78, 5) is 25.5. The van der Waals surface area contributed by atoms with E-state index in [2.05, 4.69) is 6.92 Å². The van der Waals surface area contributed by atoms with Crippen LogP contribution in [0.25, 0.3) is 0 Å². The van der Waals surface area contributed by atoms with Crippen LogP contribution in [0.1, 0.15) is 54.4 Å². The molecule has 0 spiro atoms. The standard InChI is InChI=1S/C19H25NO4/c1-13-7-10-24-17(13)12-18(21)20-8-5-14(6-9-20)15-3-2-4-16(11-15)19(22)23/h2-4,11,13-14,17H,5-10,12H2,1H3,(H,22,23). The fraction of sp³-hybridized carbons (Fsp3) is 0.579. The number of carbonyl (C=O) groups excluding carboxylic acids is 1. The van der Waals surface area contributed by atoms with E-state index in [4.69, 9.17) is 9.84 Å². The molecule has 2 aliphatic rings. The molecule has 2 atom stereocenters. The Morgan fingerprint density at radius 1 is 1.25 bits per heavy atom. The van der Waals surface area contributed by atoms with Gasteiger partial charge in [0.25, 0.3) is 0 Å². The van der Waals surface area contributed by atoms with Crippen molar-refractivity contribution in [3.05, 3.63) is 35.4 Å². The quantitative estimate of drug-likeness (QED) is 0.921. The summed E-state index contributed by atoms with van der Waals surface area (Å²) in [5.74, 6) is 0.0851. The van der Waals surface area contributed by atoms with Crippen molar-refractivity contribution in [2.75, 3.05) is 19.7 Å². The average molecular weight is 331 g/mol. The minimum atomic E-state index is -0.893. The molecule has 5 heteroatoms. The zero-order valence-corrected chi connectivity index (χ0v) is 14.1. The molecule has 5 nitrogen and oxygen atoms in total. The van der Waals surface area contributed by atoms with Crippen LogP contribution < -0.4 is 0 Å². The smallest absolute Gasteiger partial charge is 0.335 e. The number of hydrogen-bond acceptors (Lipinski definition) is 3. The summed E-state index contributed by atoms with van der Waals surface area (Å²) in [5, 5.41) is 9.11. The summed E-state index contributed by atoms with van der Waals surface area (Å²) < 4.78 is 5.65. The molecule has 1 aromatic rings. The van der Waals surface area contributed by atoms with Crippen molar-refractivity contribution in [2.45, 2.75) is 44.6 Å². The van der Waals surface area contributed by atoms with Gasteiger partial charge in [0, 0.05) is 19.7 Å². The second-order valence-corrected chi connectivity index (χ2v) is 6.97. The van der Waals surface area contributed by atoms with Crippen molar-refractivity contribution >= 4 is 11.9 Å². The molecule has 130 valence electrons. The fourth-order valence-corrected chi connectivity index (χ4v) is 3.70. The number of benzene rings is 1. The second kappa shape index (κ2) is 7.34. The Hall–Kier alpha value is -1.88. The first-order chi connectivity index (χ1) is 11.5. The number of ether oxygens (including phenoxy) is 1. The summed E-state index contributed by atoms with van der Waals surface area (Å²) in [5.41, 5.74) is 1.40. The molecule has 2 heterocycles. The number of aromatic carboxylic acids is 1. The molecule has 2 unspecified atom stereocenters. The van der Waals surface area contributed by atoms with Gasteiger partial charge in [-0.2, -0.15) is 0 Å². The lowest BCUT2D eigenvalue weighted by atomic mass is 9.88. The number of carboxylic acid groups (broad SMARTS) is 1. The number of likely N-dealkylation sites (tertiary alicyclic amines) is 1. The molecule has 1 N–H and O–H groups in total. The minimum Gasteiger partial charge on any atom is -0.478 e. The summed E-state index contributed by atoms with van der Waals surface area (Å²) in [7, 11) is 0. The maximum atomic E-state index is 12.5. The third-order valence-electron chi connectivity index (χ3n) is 5.37. The molecule has 0 saturated carbocycles. The van der Waals surface area contributed by atoms with Crippen LogP contribution in [-0.4, -0.2) is 47.7 Å². The SMILES string of the molecule is CC1CCOC1CC(=O)N1CCC(c2cccc(C(=O)O)c2)CC1. The van der Waals surface area contributed by atoms with Crippen molar-refractivity contribution in [3.8, 4) is 0 Å². The zero-order valence-electron chi connectivity index (χ0n) is 14.1. The van der Waals surface area contributed by atoms with Crippen LogP contribution in [0.3, 0.4) is 0 Å². The molecule has 0 aromatic heterocycles. The number of nitrogens with zero attached hydrogens (tertiary/aromatic N) is 1. The Kier molecular flexibility index (Phi) is 5.19. The van der Waals surface area contributed by atoms with Gasteiger partial charge >= 0.3 is 5.97 Å². The number of rotatable bonds is 4. The van der Waals surface area contributed by atoms with Crippen LogP contribution in [0, 0.1) is 5.92 Å². The molecule has 1 amide bonds. The van der Waals surface area contributed by atoms with Crippen molar-refractivity contribution < 1.29 is 19.4 Å². The molecule has 2 fully saturated rings. The van der Waals surface area contributed by atoms with E-state index >= 15 is 0 Å². The maximum absolute atomic E-state index is 12.5. The molecule has 3 rings (SSSR count). The summed E-state index contributed by atoms with van der Waals surface area (Å²) in [6.45, 7) is 4.39. The highest BCUT2D eigenvalue weighted by Gasteiger charge is 2.30. The number of hydrogen-bond donors (Lipinski definition) is 1. The topological polar surface area (TPSA) is 66.8 Å². The van der Waals surface area contributed by atoms with Gasteiger partial charge in [0.1, 0.15) is 0 Å². The molecule has 0 bridgehead atoms. The first kappa shape index (κ1) is 17.0. The van der Waals surface area contributed by atoms with Crippen LogP contribution in [-0.2, 0) is 9.53 Å². The molecular weight excluding hydrogens is 306 g/mol. The predicted molar refractivity (Wildman–Crippen MR) is 90.1 cm³/mol. The molecule has 1 aromatic carbocycles. The number of piperidine rings is 1. The van der Waals surface area contributed by atoms with E-state index in [-0.39, 0.29) is 12.0 Å². The van der Waals surface area contributed by atoms with E-state index in [1.807, 2.05) is 11.0 Å². The van der Waals surface area contributed by atoms with Gasteiger partial charge in [0.05, 0.1) is 18.1 Å².